The zero-order valence-electron chi connectivity index (χ0n) is 21.4. The number of rotatable bonds is 10. The number of halogens is 3. The van der Waals surface area contributed by atoms with E-state index in [-0.39, 0.29) is 36.5 Å². The third-order valence-corrected chi connectivity index (χ3v) is 6.20. The first-order valence-corrected chi connectivity index (χ1v) is 12.0. The van der Waals surface area contributed by atoms with Crippen LogP contribution in [0.2, 0.25) is 0 Å². The van der Waals surface area contributed by atoms with Crippen molar-refractivity contribution in [3.8, 4) is 17.2 Å². The van der Waals surface area contributed by atoms with Crippen molar-refractivity contribution in [1.29, 1.82) is 0 Å². The van der Waals surface area contributed by atoms with Crippen LogP contribution in [0.25, 0.3) is 0 Å². The Balaban J connectivity index is 1.71. The summed E-state index contributed by atoms with van der Waals surface area (Å²) in [6.07, 6.45) is -4.36. The Hall–Kier alpha value is -4.36. The average molecular weight is 563 g/mol. The van der Waals surface area contributed by atoms with Crippen molar-refractivity contribution in [3.05, 3.63) is 78.1 Å². The second-order valence-corrected chi connectivity index (χ2v) is 8.95. The van der Waals surface area contributed by atoms with Crippen molar-refractivity contribution < 1.29 is 42.4 Å². The standard InChI is InChI=1S/C27H29F3N4O6/c1-3-32-15-17(13-31)24(37)34-26(11-21(35)22(36)12-26)25(38)33-14-16-4-6-18(7-5-16)40-23-9-8-19(39-2)10-20(23)27(28,29)30/h3-10,13,15,21-22,35-36H,1,11-12,14,31H2,2H3,(H,33,38)(H,34,37)/b17-13+,32-15?/t21-,22-/m0/s1. The molecule has 13 heteroatoms. The van der Waals surface area contributed by atoms with Crippen LogP contribution >= 0.6 is 0 Å². The molecule has 0 radical (unpaired) electrons. The van der Waals surface area contributed by atoms with Gasteiger partial charge in [0.2, 0.25) is 5.91 Å². The van der Waals surface area contributed by atoms with Gasteiger partial charge in [0.1, 0.15) is 28.4 Å². The Bertz CT molecular complexity index is 1280. The molecule has 2 aromatic carbocycles. The lowest BCUT2D eigenvalue weighted by atomic mass is 9.95. The number of nitrogens with one attached hydrogen (secondary N) is 2. The van der Waals surface area contributed by atoms with Crippen LogP contribution in [0.15, 0.2) is 72.0 Å². The van der Waals surface area contributed by atoms with Gasteiger partial charge in [-0.15, -0.1) is 0 Å². The first-order valence-electron chi connectivity index (χ1n) is 12.0. The molecule has 6 N–H and O–H groups in total. The molecule has 214 valence electrons. The van der Waals surface area contributed by atoms with Crippen molar-refractivity contribution in [2.24, 2.45) is 10.7 Å². The Morgan fingerprint density at radius 2 is 1.77 bits per heavy atom. The number of benzene rings is 2. The van der Waals surface area contributed by atoms with Gasteiger partial charge in [0.25, 0.3) is 5.91 Å². The minimum Gasteiger partial charge on any atom is -0.497 e. The van der Waals surface area contributed by atoms with E-state index in [2.05, 4.69) is 22.2 Å². The van der Waals surface area contributed by atoms with Crippen LogP contribution in [0.4, 0.5) is 13.2 Å². The third kappa shape index (κ3) is 7.18. The lowest BCUT2D eigenvalue weighted by Gasteiger charge is -2.29. The zero-order valence-corrected chi connectivity index (χ0v) is 21.4. The molecule has 0 aliphatic heterocycles. The molecule has 1 fully saturated rings. The van der Waals surface area contributed by atoms with Crippen LogP contribution in [0, 0.1) is 0 Å². The van der Waals surface area contributed by atoms with Crippen molar-refractivity contribution in [2.75, 3.05) is 7.11 Å². The van der Waals surface area contributed by atoms with Gasteiger partial charge in [0.15, 0.2) is 0 Å². The summed E-state index contributed by atoms with van der Waals surface area (Å²) in [5, 5.41) is 25.4. The molecule has 0 aromatic heterocycles. The van der Waals surface area contributed by atoms with E-state index in [4.69, 9.17) is 15.2 Å². The topological polar surface area (TPSA) is 155 Å². The molecule has 3 rings (SSSR count). The van der Waals surface area contributed by atoms with E-state index in [0.717, 1.165) is 24.5 Å². The first kappa shape index (κ1) is 30.2. The van der Waals surface area contributed by atoms with E-state index in [9.17, 15) is 33.0 Å². The van der Waals surface area contributed by atoms with Crippen LogP contribution in [0.3, 0.4) is 0 Å². The molecule has 1 aliphatic rings. The highest BCUT2D eigenvalue weighted by Crippen LogP contribution is 2.40. The maximum absolute atomic E-state index is 13.5. The lowest BCUT2D eigenvalue weighted by Crippen LogP contribution is -2.58. The molecule has 40 heavy (non-hydrogen) atoms. The van der Waals surface area contributed by atoms with Crippen LogP contribution in [0.1, 0.15) is 24.0 Å². The Morgan fingerprint density at radius 3 is 2.33 bits per heavy atom. The number of nitrogens with two attached hydrogens (primary N) is 1. The van der Waals surface area contributed by atoms with Gasteiger partial charge in [-0.3, -0.25) is 14.6 Å². The summed E-state index contributed by atoms with van der Waals surface area (Å²) >= 11 is 0. The van der Waals surface area contributed by atoms with Crippen molar-refractivity contribution in [2.45, 2.75) is 43.3 Å². The number of hydrogen-bond acceptors (Lipinski definition) is 8. The summed E-state index contributed by atoms with van der Waals surface area (Å²) in [5.74, 6) is -1.67. The summed E-state index contributed by atoms with van der Waals surface area (Å²) in [6.45, 7) is 3.37. The second kappa shape index (κ2) is 12.7. The fourth-order valence-corrected chi connectivity index (χ4v) is 4.11. The molecule has 0 bridgehead atoms. The lowest BCUT2D eigenvalue weighted by molar-refractivity contribution is -0.138. The molecular weight excluding hydrogens is 533 g/mol. The number of nitrogens with zero attached hydrogens (tertiary/aromatic N) is 1. The van der Waals surface area contributed by atoms with Crippen molar-refractivity contribution in [3.63, 3.8) is 0 Å². The van der Waals surface area contributed by atoms with E-state index >= 15 is 0 Å². The van der Waals surface area contributed by atoms with E-state index in [1.54, 1.807) is 0 Å². The molecular formula is C27H29F3N4O6. The number of alkyl halides is 3. The number of carbonyl (C=O) groups excluding carboxylic acids is 2. The molecule has 1 aliphatic carbocycles. The number of aliphatic imine (C=N–C) groups is 1. The molecule has 1 saturated carbocycles. The third-order valence-electron chi connectivity index (χ3n) is 6.20. The minimum absolute atomic E-state index is 0.0298. The van der Waals surface area contributed by atoms with E-state index < -0.39 is 47.1 Å². The fourth-order valence-electron chi connectivity index (χ4n) is 4.11. The fraction of sp³-hybridized carbons (Fsp3) is 0.296. The van der Waals surface area contributed by atoms with E-state index in [1.165, 1.54) is 43.6 Å². The Kier molecular flexibility index (Phi) is 9.56. The summed E-state index contributed by atoms with van der Waals surface area (Å²) in [6, 6.07) is 9.28. The number of aliphatic hydroxyl groups is 2. The maximum atomic E-state index is 13.5. The van der Waals surface area contributed by atoms with Gasteiger partial charge in [0, 0.05) is 38.0 Å². The van der Waals surface area contributed by atoms with Gasteiger partial charge in [-0.1, -0.05) is 18.7 Å². The van der Waals surface area contributed by atoms with E-state index in [0.29, 0.717) is 5.56 Å². The Morgan fingerprint density at radius 1 is 1.15 bits per heavy atom. The summed E-state index contributed by atoms with van der Waals surface area (Å²) in [4.78, 5) is 29.6. The number of carbonyl (C=O) groups is 2. The van der Waals surface area contributed by atoms with Gasteiger partial charge < -0.3 is 36.1 Å². The predicted octanol–water partition coefficient (Wildman–Crippen LogP) is 2.55. The highest BCUT2D eigenvalue weighted by atomic mass is 19.4. The highest BCUT2D eigenvalue weighted by molar-refractivity contribution is 6.13. The van der Waals surface area contributed by atoms with Gasteiger partial charge in [-0.05, 0) is 35.9 Å². The van der Waals surface area contributed by atoms with Crippen LogP contribution in [0.5, 0.6) is 17.2 Å². The normalized spacial score (nSPS) is 18.8. The number of aliphatic hydroxyl groups excluding tert-OH is 2. The molecule has 10 nitrogen and oxygen atoms in total. The van der Waals surface area contributed by atoms with Crippen LogP contribution in [-0.4, -0.2) is 53.1 Å². The number of methoxy groups -OCH3 is 1. The monoisotopic (exact) mass is 562 g/mol. The number of hydrogen-bond donors (Lipinski definition) is 5. The van der Waals surface area contributed by atoms with Crippen LogP contribution < -0.4 is 25.8 Å². The SMILES string of the molecule is C=CN=C/C(=C\N)C(=O)NC1(C(=O)NCc2ccc(Oc3ccc(OC)cc3C(F)(F)F)cc2)C[C@H](O)[C@@H](O)C1. The average Bonchev–Trinajstić information content (AvgIpc) is 3.21. The maximum Gasteiger partial charge on any atom is 0.420 e. The number of ether oxygens (including phenoxy) is 2. The second-order valence-electron chi connectivity index (χ2n) is 8.95. The summed E-state index contributed by atoms with van der Waals surface area (Å²) < 4.78 is 50.7. The van der Waals surface area contributed by atoms with Crippen molar-refractivity contribution in [1.82, 2.24) is 10.6 Å². The van der Waals surface area contributed by atoms with Gasteiger partial charge >= 0.3 is 6.18 Å². The first-order chi connectivity index (χ1) is 18.9. The summed E-state index contributed by atoms with van der Waals surface area (Å²) in [7, 11) is 1.26. The molecule has 0 heterocycles. The zero-order chi connectivity index (χ0) is 29.5. The molecule has 0 spiro atoms. The smallest absolute Gasteiger partial charge is 0.420 e. The largest absolute Gasteiger partial charge is 0.497 e. The van der Waals surface area contributed by atoms with Crippen molar-refractivity contribution >= 4 is 18.0 Å². The van der Waals surface area contributed by atoms with Gasteiger partial charge in [-0.25, -0.2) is 0 Å². The predicted molar refractivity (Wildman–Crippen MR) is 139 cm³/mol. The van der Waals surface area contributed by atoms with Crippen LogP contribution in [-0.2, 0) is 22.3 Å². The molecule has 2 aromatic rings. The molecule has 0 unspecified atom stereocenters. The number of amides is 2. The Labute approximate surface area is 228 Å². The molecule has 0 saturated heterocycles. The van der Waals surface area contributed by atoms with Gasteiger partial charge in [0.05, 0.1) is 24.9 Å². The highest BCUT2D eigenvalue weighted by Gasteiger charge is 2.50. The van der Waals surface area contributed by atoms with E-state index in [1.807, 2.05) is 0 Å². The summed E-state index contributed by atoms with van der Waals surface area (Å²) in [5.41, 5.74) is 3.34. The molecule has 2 atom stereocenters. The van der Waals surface area contributed by atoms with Gasteiger partial charge in [-0.2, -0.15) is 13.2 Å². The quantitative estimate of drug-likeness (QED) is 0.220. The molecule has 2 amide bonds. The minimum atomic E-state index is -4.67.